The molecule has 0 atom stereocenters. The molecule has 6 nitrogen and oxygen atoms in total. The Kier molecular flexibility index (Phi) is 3.98. The van der Waals surface area contributed by atoms with Crippen molar-refractivity contribution >= 4 is 11.8 Å². The minimum atomic E-state index is -0.378. The summed E-state index contributed by atoms with van der Waals surface area (Å²) >= 11 is 0. The molecule has 1 spiro atoms. The fraction of sp³-hybridized carbons (Fsp3) is 0.526. The molecule has 132 valence electrons. The summed E-state index contributed by atoms with van der Waals surface area (Å²) in [5.74, 6) is 0.716. The summed E-state index contributed by atoms with van der Waals surface area (Å²) < 4.78 is 6.89. The lowest BCUT2D eigenvalue weighted by Crippen LogP contribution is -2.48. The van der Waals surface area contributed by atoms with Gasteiger partial charge in [-0.1, -0.05) is 13.0 Å². The molecule has 1 aliphatic carbocycles. The van der Waals surface area contributed by atoms with Crippen molar-refractivity contribution in [3.8, 4) is 0 Å². The minimum Gasteiger partial charge on any atom is -0.461 e. The van der Waals surface area contributed by atoms with Crippen LogP contribution in [0.2, 0.25) is 0 Å². The Balaban J connectivity index is 1.47. The van der Waals surface area contributed by atoms with Crippen molar-refractivity contribution in [1.82, 2.24) is 14.5 Å². The van der Waals surface area contributed by atoms with Gasteiger partial charge in [0.15, 0.2) is 5.69 Å². The highest BCUT2D eigenvalue weighted by atomic mass is 16.5. The van der Waals surface area contributed by atoms with Crippen LogP contribution in [0.15, 0.2) is 24.7 Å². The number of esters is 1. The lowest BCUT2D eigenvalue weighted by molar-refractivity contribution is 0.0520. The second kappa shape index (κ2) is 6.17. The number of aromatic nitrogens is 3. The summed E-state index contributed by atoms with van der Waals surface area (Å²) in [5, 5.41) is 0. The quantitative estimate of drug-likeness (QED) is 0.757. The molecule has 1 aliphatic heterocycles. The van der Waals surface area contributed by atoms with Crippen LogP contribution in [-0.2, 0) is 17.7 Å². The Morgan fingerprint density at radius 1 is 1.28 bits per heavy atom. The van der Waals surface area contributed by atoms with Gasteiger partial charge in [-0.3, -0.25) is 0 Å². The van der Waals surface area contributed by atoms with Crippen LogP contribution in [-0.4, -0.2) is 40.2 Å². The van der Waals surface area contributed by atoms with Gasteiger partial charge in [0.05, 0.1) is 19.5 Å². The molecular weight excluding hydrogens is 316 g/mol. The van der Waals surface area contributed by atoms with Crippen molar-refractivity contribution in [2.75, 3.05) is 24.6 Å². The number of imidazole rings is 1. The van der Waals surface area contributed by atoms with Crippen LogP contribution in [0.1, 0.15) is 48.4 Å². The summed E-state index contributed by atoms with van der Waals surface area (Å²) in [7, 11) is 0. The Morgan fingerprint density at radius 2 is 2.08 bits per heavy atom. The first kappa shape index (κ1) is 16.1. The maximum atomic E-state index is 11.7. The molecule has 2 aromatic heterocycles. The number of aryl methyl sites for hydroxylation is 1. The molecule has 0 amide bonds. The second-order valence-corrected chi connectivity index (χ2v) is 7.14. The van der Waals surface area contributed by atoms with Crippen molar-refractivity contribution in [2.24, 2.45) is 5.41 Å². The van der Waals surface area contributed by atoms with E-state index < -0.39 is 0 Å². The van der Waals surface area contributed by atoms with Crippen molar-refractivity contribution < 1.29 is 9.53 Å². The van der Waals surface area contributed by atoms with Gasteiger partial charge in [-0.05, 0) is 37.8 Å². The van der Waals surface area contributed by atoms with E-state index in [1.54, 1.807) is 19.4 Å². The smallest absolute Gasteiger partial charge is 0.358 e. The lowest BCUT2D eigenvalue weighted by atomic mass is 9.97. The van der Waals surface area contributed by atoms with Crippen LogP contribution >= 0.6 is 0 Å². The van der Waals surface area contributed by atoms with Gasteiger partial charge in [0.25, 0.3) is 0 Å². The third kappa shape index (κ3) is 3.13. The van der Waals surface area contributed by atoms with Crippen LogP contribution in [0.3, 0.4) is 0 Å². The molecule has 0 radical (unpaired) electrons. The average molecular weight is 340 g/mol. The number of hydrogen-bond donors (Lipinski definition) is 0. The molecule has 4 rings (SSSR count). The third-order valence-electron chi connectivity index (χ3n) is 5.19. The topological polar surface area (TPSA) is 60.2 Å². The molecule has 0 unspecified atom stereocenters. The number of rotatable bonds is 6. The zero-order valence-corrected chi connectivity index (χ0v) is 14.9. The predicted molar refractivity (Wildman–Crippen MR) is 94.8 cm³/mol. The van der Waals surface area contributed by atoms with E-state index in [4.69, 9.17) is 9.72 Å². The summed E-state index contributed by atoms with van der Waals surface area (Å²) in [6, 6.07) is 4.27. The molecule has 0 bridgehead atoms. The minimum absolute atomic E-state index is 0.347. The molecule has 2 aliphatic rings. The SMILES string of the molecule is CCOC(=O)c1cn(Cc2ccc(N3CC4(CC4)C3)nc2CC)cn1. The van der Waals surface area contributed by atoms with Gasteiger partial charge in [-0.25, -0.2) is 14.8 Å². The molecule has 2 aromatic rings. The number of nitrogens with zero attached hydrogens (tertiary/aromatic N) is 4. The van der Waals surface area contributed by atoms with Crippen LogP contribution < -0.4 is 4.90 Å². The number of anilines is 1. The van der Waals surface area contributed by atoms with E-state index in [1.807, 2.05) is 4.57 Å². The molecule has 1 saturated heterocycles. The number of pyridine rings is 1. The number of carbonyl (C=O) groups excluding carboxylic acids is 1. The Morgan fingerprint density at radius 3 is 2.76 bits per heavy atom. The predicted octanol–water partition coefficient (Wildman–Crippen LogP) is 2.67. The molecule has 3 heterocycles. The van der Waals surface area contributed by atoms with E-state index in [0.29, 0.717) is 24.3 Å². The highest BCUT2D eigenvalue weighted by Crippen LogP contribution is 2.53. The Hall–Kier alpha value is -2.37. The standard InChI is InChI=1S/C19H24N4O2/c1-3-15-14(9-22-10-16(20-13-22)18(24)25-4-2)5-6-17(21-15)23-11-19(12-23)7-8-19/h5-6,10,13H,3-4,7-9,11-12H2,1-2H3. The van der Waals surface area contributed by atoms with E-state index in [2.05, 4.69) is 28.9 Å². The van der Waals surface area contributed by atoms with Gasteiger partial charge in [0.2, 0.25) is 0 Å². The largest absolute Gasteiger partial charge is 0.461 e. The highest BCUT2D eigenvalue weighted by Gasteiger charge is 2.52. The van der Waals surface area contributed by atoms with Gasteiger partial charge in [0, 0.05) is 30.4 Å². The van der Waals surface area contributed by atoms with E-state index in [-0.39, 0.29) is 5.97 Å². The number of ether oxygens (including phenoxy) is 1. The fourth-order valence-electron chi connectivity index (χ4n) is 3.52. The van der Waals surface area contributed by atoms with Crippen LogP contribution in [0, 0.1) is 5.41 Å². The maximum absolute atomic E-state index is 11.7. The second-order valence-electron chi connectivity index (χ2n) is 7.14. The normalized spacial score (nSPS) is 17.4. The Bertz CT molecular complexity index is 786. The van der Waals surface area contributed by atoms with Crippen LogP contribution in [0.25, 0.3) is 0 Å². The number of carbonyl (C=O) groups is 1. The fourth-order valence-corrected chi connectivity index (χ4v) is 3.52. The molecule has 25 heavy (non-hydrogen) atoms. The average Bonchev–Trinajstić information content (AvgIpc) is 3.26. The summed E-state index contributed by atoms with van der Waals surface area (Å²) in [6.07, 6.45) is 7.06. The van der Waals surface area contributed by atoms with E-state index in [0.717, 1.165) is 31.0 Å². The van der Waals surface area contributed by atoms with E-state index >= 15 is 0 Å². The van der Waals surface area contributed by atoms with Crippen molar-refractivity contribution in [3.05, 3.63) is 41.6 Å². The summed E-state index contributed by atoms with van der Waals surface area (Å²) in [5.41, 5.74) is 3.26. The summed E-state index contributed by atoms with van der Waals surface area (Å²) in [4.78, 5) is 23.1. The van der Waals surface area contributed by atoms with Crippen molar-refractivity contribution in [1.29, 1.82) is 0 Å². The van der Waals surface area contributed by atoms with Crippen LogP contribution in [0.5, 0.6) is 0 Å². The number of hydrogen-bond acceptors (Lipinski definition) is 5. The third-order valence-corrected chi connectivity index (χ3v) is 5.19. The highest BCUT2D eigenvalue weighted by molar-refractivity contribution is 5.86. The molecule has 1 saturated carbocycles. The van der Waals surface area contributed by atoms with Gasteiger partial charge >= 0.3 is 5.97 Å². The molecule has 2 fully saturated rings. The molecule has 0 aromatic carbocycles. The maximum Gasteiger partial charge on any atom is 0.358 e. The van der Waals surface area contributed by atoms with Crippen LogP contribution in [0.4, 0.5) is 5.82 Å². The van der Waals surface area contributed by atoms with E-state index in [9.17, 15) is 4.79 Å². The zero-order chi connectivity index (χ0) is 17.4. The van der Waals surface area contributed by atoms with E-state index in [1.165, 1.54) is 18.4 Å². The zero-order valence-electron chi connectivity index (χ0n) is 14.9. The monoisotopic (exact) mass is 340 g/mol. The lowest BCUT2D eigenvalue weighted by Gasteiger charge is -2.41. The van der Waals surface area contributed by atoms with Crippen molar-refractivity contribution in [3.63, 3.8) is 0 Å². The molecular formula is C19H24N4O2. The Labute approximate surface area is 147 Å². The first-order valence-corrected chi connectivity index (χ1v) is 9.05. The summed E-state index contributed by atoms with van der Waals surface area (Å²) in [6.45, 7) is 7.26. The molecule has 0 N–H and O–H groups in total. The van der Waals surface area contributed by atoms with Crippen molar-refractivity contribution in [2.45, 2.75) is 39.7 Å². The van der Waals surface area contributed by atoms with Gasteiger partial charge in [-0.2, -0.15) is 0 Å². The van der Waals surface area contributed by atoms with Gasteiger partial charge < -0.3 is 14.2 Å². The van der Waals surface area contributed by atoms with Gasteiger partial charge in [0.1, 0.15) is 5.82 Å². The molecule has 6 heteroatoms. The first-order chi connectivity index (χ1) is 12.1. The first-order valence-electron chi connectivity index (χ1n) is 9.05. The van der Waals surface area contributed by atoms with Gasteiger partial charge in [-0.15, -0.1) is 0 Å².